The van der Waals surface area contributed by atoms with E-state index in [9.17, 15) is 8.42 Å². The van der Waals surface area contributed by atoms with Gasteiger partial charge in [-0.05, 0) is 36.0 Å². The van der Waals surface area contributed by atoms with Crippen LogP contribution in [0.2, 0.25) is 25.7 Å². The minimum Gasteiger partial charge on any atom is -0.487 e. The molecule has 11 heteroatoms. The molecule has 190 valence electrons. The maximum absolute atomic E-state index is 11.2. The lowest BCUT2D eigenvalue weighted by Gasteiger charge is -2.14. The standard InChI is InChI=1S/C24H33N3O6SSi/c1-34(28,29)31-16-21-13-18-5-7-20(14-23(18)32-21)33-24-8-6-19(15-26-24)22(9-10-25)27-17-30-11-12-35(2,3)4/h5-10,14-15,21H,11-13,16-17,25H2,1-4H3/t21-/m1/s1. The van der Waals surface area contributed by atoms with Crippen LogP contribution in [0, 0.1) is 0 Å². The molecule has 2 heterocycles. The number of hydrogen-bond acceptors (Lipinski definition) is 9. The number of pyridine rings is 1. The van der Waals surface area contributed by atoms with Gasteiger partial charge in [0.05, 0.1) is 12.0 Å². The van der Waals surface area contributed by atoms with Crippen molar-refractivity contribution in [3.05, 3.63) is 59.9 Å². The second-order valence-corrected chi connectivity index (χ2v) is 16.7. The molecule has 1 aliphatic rings. The van der Waals surface area contributed by atoms with Crippen molar-refractivity contribution in [3.63, 3.8) is 0 Å². The fourth-order valence-corrected chi connectivity index (χ4v) is 4.39. The van der Waals surface area contributed by atoms with E-state index in [1.54, 1.807) is 24.4 Å². The normalized spacial score (nSPS) is 16.3. The van der Waals surface area contributed by atoms with Gasteiger partial charge in [-0.15, -0.1) is 0 Å². The quantitative estimate of drug-likeness (QED) is 0.195. The van der Waals surface area contributed by atoms with Crippen molar-refractivity contribution in [1.82, 2.24) is 4.98 Å². The molecule has 3 rings (SSSR count). The second kappa shape index (κ2) is 11.8. The Bertz CT molecular complexity index is 1160. The predicted octanol–water partition coefficient (Wildman–Crippen LogP) is 3.73. The molecule has 9 nitrogen and oxygen atoms in total. The molecule has 0 radical (unpaired) electrons. The third-order valence-corrected chi connectivity index (χ3v) is 7.35. The maximum atomic E-state index is 11.2. The van der Waals surface area contributed by atoms with Crippen LogP contribution in [0.5, 0.6) is 17.4 Å². The van der Waals surface area contributed by atoms with Crippen LogP contribution in [0.25, 0.3) is 0 Å². The van der Waals surface area contributed by atoms with Gasteiger partial charge in [0.1, 0.15) is 30.9 Å². The van der Waals surface area contributed by atoms with Crippen molar-refractivity contribution in [2.24, 2.45) is 10.7 Å². The third kappa shape index (κ3) is 9.09. The van der Waals surface area contributed by atoms with Crippen molar-refractivity contribution in [3.8, 4) is 17.4 Å². The summed E-state index contributed by atoms with van der Waals surface area (Å²) in [6, 6.07) is 10.1. The van der Waals surface area contributed by atoms with Crippen molar-refractivity contribution in [1.29, 1.82) is 0 Å². The van der Waals surface area contributed by atoms with Gasteiger partial charge in [-0.1, -0.05) is 25.7 Å². The third-order valence-electron chi connectivity index (χ3n) is 5.08. The molecule has 0 bridgehead atoms. The Morgan fingerprint density at radius 3 is 2.74 bits per heavy atom. The number of ether oxygens (including phenoxy) is 3. The molecule has 0 spiro atoms. The molecule has 1 aromatic heterocycles. The Morgan fingerprint density at radius 2 is 2.09 bits per heavy atom. The number of nitrogens with zero attached hydrogens (tertiary/aromatic N) is 2. The SMILES string of the molecule is C[Si](C)(C)CCOCN=C(C=CN)c1ccc(Oc2ccc3c(c2)O[C@@H](COS(C)(=O)=O)C3)nc1. The van der Waals surface area contributed by atoms with Crippen molar-refractivity contribution in [2.75, 3.05) is 26.2 Å². The van der Waals surface area contributed by atoms with Crippen LogP contribution in [-0.4, -0.2) is 59.5 Å². The smallest absolute Gasteiger partial charge is 0.264 e. The van der Waals surface area contributed by atoms with Crippen LogP contribution < -0.4 is 15.2 Å². The number of nitrogens with two attached hydrogens (primary N) is 1. The number of benzene rings is 1. The first-order chi connectivity index (χ1) is 16.5. The van der Waals surface area contributed by atoms with Crippen molar-refractivity contribution >= 4 is 23.9 Å². The minimum atomic E-state index is -3.51. The zero-order valence-electron chi connectivity index (χ0n) is 20.6. The Hall–Kier alpha value is -2.73. The van der Waals surface area contributed by atoms with E-state index in [0.717, 1.165) is 23.4 Å². The predicted molar refractivity (Wildman–Crippen MR) is 139 cm³/mol. The van der Waals surface area contributed by atoms with Crippen molar-refractivity contribution in [2.45, 2.75) is 38.2 Å². The van der Waals surface area contributed by atoms with E-state index in [1.165, 1.54) is 6.20 Å². The number of fused-ring (bicyclic) bond motifs is 1. The summed E-state index contributed by atoms with van der Waals surface area (Å²) >= 11 is 0. The fraction of sp³-hybridized carbons (Fsp3) is 0.417. The molecule has 0 saturated carbocycles. The molecule has 35 heavy (non-hydrogen) atoms. The highest BCUT2D eigenvalue weighted by atomic mass is 32.2. The van der Waals surface area contributed by atoms with Crippen LogP contribution in [-0.2, 0) is 25.5 Å². The summed E-state index contributed by atoms with van der Waals surface area (Å²) in [6.07, 6.45) is 6.03. The molecule has 0 saturated heterocycles. The molecule has 0 unspecified atom stereocenters. The lowest BCUT2D eigenvalue weighted by Crippen LogP contribution is -2.22. The summed E-state index contributed by atoms with van der Waals surface area (Å²) in [5, 5.41) is 0. The van der Waals surface area contributed by atoms with Crippen LogP contribution >= 0.6 is 0 Å². The molecule has 0 amide bonds. The Balaban J connectivity index is 1.58. The molecule has 1 aliphatic heterocycles. The van der Waals surface area contributed by atoms with Gasteiger partial charge in [-0.2, -0.15) is 8.42 Å². The van der Waals surface area contributed by atoms with E-state index in [4.69, 9.17) is 24.1 Å². The highest BCUT2D eigenvalue weighted by Gasteiger charge is 2.25. The molecule has 0 fully saturated rings. The van der Waals surface area contributed by atoms with Gasteiger partial charge in [0.25, 0.3) is 10.1 Å². The molecule has 2 N–H and O–H groups in total. The van der Waals surface area contributed by atoms with Gasteiger partial charge < -0.3 is 19.9 Å². The maximum Gasteiger partial charge on any atom is 0.264 e. The number of aromatic nitrogens is 1. The van der Waals surface area contributed by atoms with E-state index in [-0.39, 0.29) is 19.4 Å². The first-order valence-electron chi connectivity index (χ1n) is 11.3. The summed E-state index contributed by atoms with van der Waals surface area (Å²) in [4.78, 5) is 8.87. The van der Waals surface area contributed by atoms with Crippen LogP contribution in [0.1, 0.15) is 11.1 Å². The number of allylic oxidation sites excluding steroid dienone is 1. The average molecular weight is 520 g/mol. The monoisotopic (exact) mass is 519 g/mol. The van der Waals surface area contributed by atoms with Gasteiger partial charge in [0.15, 0.2) is 0 Å². The Morgan fingerprint density at radius 1 is 1.29 bits per heavy atom. The molecular formula is C24H33N3O6SSi. The lowest BCUT2D eigenvalue weighted by atomic mass is 10.1. The van der Waals surface area contributed by atoms with E-state index in [1.807, 2.05) is 18.2 Å². The Kier molecular flexibility index (Phi) is 9.06. The average Bonchev–Trinajstić information content (AvgIpc) is 3.18. The molecular weight excluding hydrogens is 486 g/mol. The fourth-order valence-electron chi connectivity index (χ4n) is 3.24. The molecule has 0 aliphatic carbocycles. The molecule has 1 atom stereocenters. The van der Waals surface area contributed by atoms with E-state index in [0.29, 0.717) is 36.1 Å². The topological polar surface area (TPSA) is 122 Å². The van der Waals surface area contributed by atoms with E-state index < -0.39 is 18.2 Å². The molecule has 1 aromatic carbocycles. The summed E-state index contributed by atoms with van der Waals surface area (Å²) in [6.45, 7) is 7.84. The summed E-state index contributed by atoms with van der Waals surface area (Å²) in [5.74, 6) is 1.60. The summed E-state index contributed by atoms with van der Waals surface area (Å²) < 4.78 is 44.6. The van der Waals surface area contributed by atoms with Gasteiger partial charge >= 0.3 is 0 Å². The highest BCUT2D eigenvalue weighted by Crippen LogP contribution is 2.34. The van der Waals surface area contributed by atoms with Gasteiger partial charge in [-0.25, -0.2) is 4.98 Å². The number of rotatable bonds is 12. The highest BCUT2D eigenvalue weighted by molar-refractivity contribution is 7.85. The largest absolute Gasteiger partial charge is 0.487 e. The zero-order chi connectivity index (χ0) is 25.5. The lowest BCUT2D eigenvalue weighted by molar-refractivity contribution is 0.153. The summed E-state index contributed by atoms with van der Waals surface area (Å²) in [5.41, 5.74) is 8.02. The zero-order valence-corrected chi connectivity index (χ0v) is 22.4. The molecule has 2 aromatic rings. The van der Waals surface area contributed by atoms with Gasteiger partial charge in [0.2, 0.25) is 5.88 Å². The Labute approximate surface area is 208 Å². The van der Waals surface area contributed by atoms with Crippen LogP contribution in [0.15, 0.2) is 53.8 Å². The van der Waals surface area contributed by atoms with E-state index in [2.05, 4.69) is 29.6 Å². The van der Waals surface area contributed by atoms with Gasteiger partial charge in [-0.3, -0.25) is 9.18 Å². The van der Waals surface area contributed by atoms with Crippen molar-refractivity contribution < 1.29 is 26.8 Å². The van der Waals surface area contributed by atoms with Crippen LogP contribution in [0.4, 0.5) is 0 Å². The summed E-state index contributed by atoms with van der Waals surface area (Å²) in [7, 11) is -4.65. The second-order valence-electron chi connectivity index (χ2n) is 9.44. The van der Waals surface area contributed by atoms with E-state index >= 15 is 0 Å². The number of hydrogen-bond donors (Lipinski definition) is 1. The first kappa shape index (κ1) is 26.9. The number of aliphatic imine (C=N–C) groups is 1. The first-order valence-corrected chi connectivity index (χ1v) is 16.8. The van der Waals surface area contributed by atoms with Gasteiger partial charge in [0, 0.05) is 45.0 Å². The van der Waals surface area contributed by atoms with Crippen LogP contribution in [0.3, 0.4) is 0 Å². The minimum absolute atomic E-state index is 0.0305.